The fourth-order valence-electron chi connectivity index (χ4n) is 4.66. The number of amides is 1. The molecule has 4 rings (SSSR count). The van der Waals surface area contributed by atoms with E-state index < -0.39 is 0 Å². The van der Waals surface area contributed by atoms with Crippen molar-refractivity contribution in [2.75, 3.05) is 0 Å². The minimum absolute atomic E-state index is 0.0551. The van der Waals surface area contributed by atoms with Gasteiger partial charge in [0.25, 0.3) is 5.91 Å². The van der Waals surface area contributed by atoms with E-state index in [1.165, 1.54) is 19.3 Å². The maximum Gasteiger partial charge on any atom is 0.255 e. The Bertz CT molecular complexity index is 1150. The van der Waals surface area contributed by atoms with Crippen molar-refractivity contribution in [3.63, 3.8) is 0 Å². The molecule has 1 amide bonds. The number of pyridine rings is 1. The average Bonchev–Trinajstić information content (AvgIpc) is 3.18. The fourth-order valence-corrected chi connectivity index (χ4v) is 4.66. The first kappa shape index (κ1) is 23.1. The molecule has 1 saturated carbocycles. The summed E-state index contributed by atoms with van der Waals surface area (Å²) in [7, 11) is 0. The number of nitrogens with one attached hydrogen (secondary N) is 1. The molecular formula is C27H35N5O. The Labute approximate surface area is 196 Å². The number of carbonyl (C=O) groups is 1. The van der Waals surface area contributed by atoms with E-state index in [4.69, 9.17) is 4.98 Å². The predicted molar refractivity (Wildman–Crippen MR) is 132 cm³/mol. The molecule has 3 aromatic rings. The lowest BCUT2D eigenvalue weighted by Crippen LogP contribution is -2.34. The van der Waals surface area contributed by atoms with Crippen LogP contribution in [0.1, 0.15) is 105 Å². The Balaban J connectivity index is 1.64. The molecule has 6 nitrogen and oxygen atoms in total. The van der Waals surface area contributed by atoms with Crippen LogP contribution in [-0.2, 0) is 0 Å². The predicted octanol–water partition coefficient (Wildman–Crippen LogP) is 5.85. The third kappa shape index (κ3) is 4.85. The van der Waals surface area contributed by atoms with Crippen LogP contribution < -0.4 is 5.32 Å². The number of fused-ring (bicyclic) bond motifs is 1. The van der Waals surface area contributed by atoms with E-state index >= 15 is 0 Å². The first-order valence-electron chi connectivity index (χ1n) is 12.3. The van der Waals surface area contributed by atoms with Crippen molar-refractivity contribution in [2.45, 2.75) is 84.6 Å². The Morgan fingerprint density at radius 2 is 1.97 bits per heavy atom. The number of carbonyl (C=O) groups excluding carboxylic acids is 1. The lowest BCUT2D eigenvalue weighted by atomic mass is 9.84. The van der Waals surface area contributed by atoms with Crippen LogP contribution >= 0.6 is 0 Å². The number of aryl methyl sites for hydroxylation is 1. The standard InChI is InChI=1S/C27H35N5O/c1-5-9-21(10-6-2)31-27(33)24-17-29-32-14-13-20(15-25(24)32)22(7-3)23-16-28-26(30-18(23)4)19-11-8-12-19/h7,13-17,19,21H,5-6,8-12H2,1-4H3,(H,31,33)/b22-7-. The molecule has 174 valence electrons. The summed E-state index contributed by atoms with van der Waals surface area (Å²) in [5.74, 6) is 1.43. The zero-order valence-corrected chi connectivity index (χ0v) is 20.3. The molecule has 3 aromatic heterocycles. The first-order chi connectivity index (χ1) is 16.0. The van der Waals surface area contributed by atoms with E-state index in [1.54, 1.807) is 10.7 Å². The van der Waals surface area contributed by atoms with Crippen LogP contribution in [-0.4, -0.2) is 31.5 Å². The second-order valence-corrected chi connectivity index (χ2v) is 9.11. The van der Waals surface area contributed by atoms with E-state index in [9.17, 15) is 4.79 Å². The molecule has 0 bridgehead atoms. The molecule has 0 spiro atoms. The van der Waals surface area contributed by atoms with E-state index in [-0.39, 0.29) is 11.9 Å². The highest BCUT2D eigenvalue weighted by molar-refractivity contribution is 6.01. The van der Waals surface area contributed by atoms with Gasteiger partial charge in [-0.2, -0.15) is 5.10 Å². The lowest BCUT2D eigenvalue weighted by Gasteiger charge is -2.24. The molecule has 1 N–H and O–H groups in total. The molecule has 0 aromatic carbocycles. The number of rotatable bonds is 9. The maximum atomic E-state index is 13.1. The van der Waals surface area contributed by atoms with Gasteiger partial charge in [0.1, 0.15) is 5.82 Å². The SMILES string of the molecule is C/C=C(/c1ccn2ncc(C(=O)NC(CCC)CCC)c2c1)c1cnc(C2CCC2)nc1C. The van der Waals surface area contributed by atoms with E-state index in [2.05, 4.69) is 42.2 Å². The Hall–Kier alpha value is -3.02. The van der Waals surface area contributed by atoms with Gasteiger partial charge in [-0.05, 0) is 62.8 Å². The van der Waals surface area contributed by atoms with E-state index in [0.717, 1.165) is 59.4 Å². The highest BCUT2D eigenvalue weighted by Gasteiger charge is 2.23. The highest BCUT2D eigenvalue weighted by Crippen LogP contribution is 2.35. The van der Waals surface area contributed by atoms with Crippen LogP contribution in [0.5, 0.6) is 0 Å². The molecule has 3 heterocycles. The maximum absolute atomic E-state index is 13.1. The summed E-state index contributed by atoms with van der Waals surface area (Å²) < 4.78 is 1.77. The molecule has 6 heteroatoms. The Kier molecular flexibility index (Phi) is 7.21. The topological polar surface area (TPSA) is 72.2 Å². The van der Waals surface area contributed by atoms with Crippen molar-refractivity contribution in [1.29, 1.82) is 0 Å². The summed E-state index contributed by atoms with van der Waals surface area (Å²) >= 11 is 0. The molecule has 0 unspecified atom stereocenters. The normalized spacial score (nSPS) is 14.6. The number of hydrogen-bond donors (Lipinski definition) is 1. The third-order valence-electron chi connectivity index (χ3n) is 6.73. The monoisotopic (exact) mass is 445 g/mol. The Morgan fingerprint density at radius 1 is 1.21 bits per heavy atom. The largest absolute Gasteiger partial charge is 0.349 e. The first-order valence-corrected chi connectivity index (χ1v) is 12.3. The quantitative estimate of drug-likeness (QED) is 0.448. The van der Waals surface area contributed by atoms with Gasteiger partial charge in [0, 0.05) is 35.6 Å². The third-order valence-corrected chi connectivity index (χ3v) is 6.73. The van der Waals surface area contributed by atoms with Gasteiger partial charge in [0.15, 0.2) is 0 Å². The average molecular weight is 446 g/mol. The summed E-state index contributed by atoms with van der Waals surface area (Å²) in [4.78, 5) is 22.6. The van der Waals surface area contributed by atoms with Crippen LogP contribution in [0, 0.1) is 6.92 Å². The lowest BCUT2D eigenvalue weighted by molar-refractivity contribution is 0.0934. The van der Waals surface area contributed by atoms with Crippen LogP contribution in [0.4, 0.5) is 0 Å². The minimum atomic E-state index is -0.0551. The van der Waals surface area contributed by atoms with Gasteiger partial charge in [-0.3, -0.25) is 4.79 Å². The summed E-state index contributed by atoms with van der Waals surface area (Å²) in [5.41, 5.74) is 5.53. The Morgan fingerprint density at radius 3 is 2.58 bits per heavy atom. The highest BCUT2D eigenvalue weighted by atomic mass is 16.1. The van der Waals surface area contributed by atoms with Crippen LogP contribution in [0.2, 0.25) is 0 Å². The number of allylic oxidation sites excluding steroid dienone is 1. The molecular weight excluding hydrogens is 410 g/mol. The number of hydrogen-bond acceptors (Lipinski definition) is 4. The molecule has 0 aliphatic heterocycles. The second-order valence-electron chi connectivity index (χ2n) is 9.11. The zero-order chi connectivity index (χ0) is 23.4. The number of nitrogens with zero attached hydrogens (tertiary/aromatic N) is 4. The molecule has 0 atom stereocenters. The van der Waals surface area contributed by atoms with Gasteiger partial charge in [-0.25, -0.2) is 14.5 Å². The summed E-state index contributed by atoms with van der Waals surface area (Å²) in [6.45, 7) is 8.39. The van der Waals surface area contributed by atoms with Gasteiger partial charge in [-0.15, -0.1) is 0 Å². The molecule has 0 saturated heterocycles. The van der Waals surface area contributed by atoms with Gasteiger partial charge < -0.3 is 5.32 Å². The van der Waals surface area contributed by atoms with Crippen molar-refractivity contribution in [1.82, 2.24) is 24.9 Å². The van der Waals surface area contributed by atoms with E-state index in [0.29, 0.717) is 11.5 Å². The van der Waals surface area contributed by atoms with Crippen molar-refractivity contribution in [3.05, 3.63) is 65.0 Å². The van der Waals surface area contributed by atoms with Crippen molar-refractivity contribution in [3.8, 4) is 0 Å². The summed E-state index contributed by atoms with van der Waals surface area (Å²) in [5, 5.41) is 7.63. The van der Waals surface area contributed by atoms with Crippen LogP contribution in [0.3, 0.4) is 0 Å². The van der Waals surface area contributed by atoms with Crippen molar-refractivity contribution < 1.29 is 4.79 Å². The second kappa shape index (κ2) is 10.3. The molecule has 33 heavy (non-hydrogen) atoms. The molecule has 1 aliphatic rings. The summed E-state index contributed by atoms with van der Waals surface area (Å²) in [6.07, 6.45) is 15.4. The summed E-state index contributed by atoms with van der Waals surface area (Å²) in [6, 6.07) is 4.28. The van der Waals surface area contributed by atoms with Crippen molar-refractivity contribution in [2.24, 2.45) is 0 Å². The number of aromatic nitrogens is 4. The van der Waals surface area contributed by atoms with Crippen molar-refractivity contribution >= 4 is 17.0 Å². The smallest absolute Gasteiger partial charge is 0.255 e. The van der Waals surface area contributed by atoms with Gasteiger partial charge in [0.2, 0.25) is 0 Å². The molecule has 1 fully saturated rings. The zero-order valence-electron chi connectivity index (χ0n) is 20.3. The van der Waals surface area contributed by atoms with E-state index in [1.807, 2.05) is 31.5 Å². The molecule has 0 radical (unpaired) electrons. The molecule has 1 aliphatic carbocycles. The van der Waals surface area contributed by atoms with Crippen LogP contribution in [0.25, 0.3) is 11.1 Å². The van der Waals surface area contributed by atoms with Gasteiger partial charge >= 0.3 is 0 Å². The van der Waals surface area contributed by atoms with Gasteiger partial charge in [-0.1, -0.05) is 39.2 Å². The minimum Gasteiger partial charge on any atom is -0.349 e. The fraction of sp³-hybridized carbons (Fsp3) is 0.481. The van der Waals surface area contributed by atoms with Crippen LogP contribution in [0.15, 0.2) is 36.8 Å². The van der Waals surface area contributed by atoms with Gasteiger partial charge in [0.05, 0.1) is 17.3 Å².